The molecule has 1 aliphatic carbocycles. The number of nitrogens with zero attached hydrogens (tertiary/aromatic N) is 2. The molecule has 4 nitrogen and oxygen atoms in total. The summed E-state index contributed by atoms with van der Waals surface area (Å²) in [6.07, 6.45) is 6.00. The molecule has 0 bridgehead atoms. The van der Waals surface area contributed by atoms with Crippen LogP contribution in [0.25, 0.3) is 0 Å². The van der Waals surface area contributed by atoms with Gasteiger partial charge in [0.1, 0.15) is 9.88 Å². The first kappa shape index (κ1) is 13.1. The lowest BCUT2D eigenvalue weighted by atomic mass is 10.0. The van der Waals surface area contributed by atoms with Gasteiger partial charge in [-0.1, -0.05) is 6.42 Å². The molecule has 2 fully saturated rings. The predicted octanol–water partition coefficient (Wildman–Crippen LogP) is 3.09. The molecular weight excluding hydrogens is 260 g/mol. The number of hydrogen-bond donors (Lipinski definition) is 1. The number of carboxylic acid groups (broad SMARTS) is 1. The van der Waals surface area contributed by atoms with Gasteiger partial charge >= 0.3 is 5.97 Å². The van der Waals surface area contributed by atoms with Gasteiger partial charge in [0.25, 0.3) is 0 Å². The number of aromatic nitrogens is 1. The van der Waals surface area contributed by atoms with E-state index in [9.17, 15) is 9.90 Å². The Labute approximate surface area is 117 Å². The van der Waals surface area contributed by atoms with Crippen molar-refractivity contribution in [2.24, 2.45) is 0 Å². The summed E-state index contributed by atoms with van der Waals surface area (Å²) in [6.45, 7) is 4.19. The summed E-state index contributed by atoms with van der Waals surface area (Å²) in [6, 6.07) is 0.593. The molecule has 0 amide bonds. The highest BCUT2D eigenvalue weighted by molar-refractivity contribution is 7.13. The first-order chi connectivity index (χ1) is 9.15. The highest BCUT2D eigenvalue weighted by Crippen LogP contribution is 2.42. The van der Waals surface area contributed by atoms with E-state index in [1.165, 1.54) is 30.6 Å². The molecule has 1 aliphatic heterocycles. The van der Waals surface area contributed by atoms with Gasteiger partial charge in [0.2, 0.25) is 0 Å². The van der Waals surface area contributed by atoms with Crippen LogP contribution in [0.1, 0.15) is 65.3 Å². The van der Waals surface area contributed by atoms with E-state index < -0.39 is 5.97 Å². The molecule has 1 saturated heterocycles. The fraction of sp³-hybridized carbons (Fsp3) is 0.714. The van der Waals surface area contributed by atoms with Gasteiger partial charge in [-0.2, -0.15) is 0 Å². The highest BCUT2D eigenvalue weighted by Gasteiger charge is 2.32. The quantitative estimate of drug-likeness (QED) is 0.921. The van der Waals surface area contributed by atoms with Crippen molar-refractivity contribution < 1.29 is 9.90 Å². The van der Waals surface area contributed by atoms with Crippen molar-refractivity contribution in [3.05, 3.63) is 15.6 Å². The van der Waals surface area contributed by atoms with Crippen LogP contribution in [-0.2, 0) is 6.54 Å². The van der Waals surface area contributed by atoms with E-state index in [0.29, 0.717) is 16.8 Å². The molecule has 2 aliphatic rings. The number of hydrogen-bond acceptors (Lipinski definition) is 4. The van der Waals surface area contributed by atoms with Gasteiger partial charge in [0.15, 0.2) is 0 Å². The predicted molar refractivity (Wildman–Crippen MR) is 74.8 cm³/mol. The Hall–Kier alpha value is -0.940. The number of carbonyl (C=O) groups is 1. The average molecular weight is 280 g/mol. The second kappa shape index (κ2) is 5.21. The molecule has 2 heterocycles. The SMILES string of the molecule is CC1CCCCN1Cc1nc(C2CC2)c(C(=O)O)s1. The standard InChI is InChI=1S/C14H20N2O2S/c1-9-4-2-3-7-16(9)8-11-15-12(10-5-6-10)13(19-11)14(17)18/h9-10H,2-8H2,1H3,(H,17,18). The molecule has 1 N–H and O–H groups in total. The van der Waals surface area contributed by atoms with E-state index >= 15 is 0 Å². The smallest absolute Gasteiger partial charge is 0.347 e. The van der Waals surface area contributed by atoms with Crippen molar-refractivity contribution in [1.82, 2.24) is 9.88 Å². The normalized spacial score (nSPS) is 24.6. The van der Waals surface area contributed by atoms with Crippen LogP contribution in [0.5, 0.6) is 0 Å². The van der Waals surface area contributed by atoms with Crippen LogP contribution in [0.2, 0.25) is 0 Å². The summed E-state index contributed by atoms with van der Waals surface area (Å²) in [5.74, 6) is -0.396. The van der Waals surface area contributed by atoms with Crippen molar-refractivity contribution >= 4 is 17.3 Å². The Balaban J connectivity index is 1.77. The molecular formula is C14H20N2O2S. The molecule has 0 aromatic carbocycles. The zero-order chi connectivity index (χ0) is 13.4. The summed E-state index contributed by atoms with van der Waals surface area (Å²) in [7, 11) is 0. The maximum Gasteiger partial charge on any atom is 0.347 e. The monoisotopic (exact) mass is 280 g/mol. The van der Waals surface area contributed by atoms with Crippen LogP contribution in [0, 0.1) is 0 Å². The second-order valence-corrected chi connectivity index (χ2v) is 6.80. The Kier molecular flexibility index (Phi) is 3.58. The molecule has 1 atom stereocenters. The van der Waals surface area contributed by atoms with Crippen molar-refractivity contribution in [2.75, 3.05) is 6.54 Å². The van der Waals surface area contributed by atoms with Gasteiger partial charge in [0, 0.05) is 12.0 Å². The van der Waals surface area contributed by atoms with Gasteiger partial charge in [-0.25, -0.2) is 9.78 Å². The van der Waals surface area contributed by atoms with Crippen molar-refractivity contribution in [3.63, 3.8) is 0 Å². The Morgan fingerprint density at radius 1 is 1.42 bits per heavy atom. The number of thiazole rings is 1. The van der Waals surface area contributed by atoms with Crippen molar-refractivity contribution in [3.8, 4) is 0 Å². The molecule has 1 saturated carbocycles. The fourth-order valence-electron chi connectivity index (χ4n) is 2.80. The molecule has 0 radical (unpaired) electrons. The summed E-state index contributed by atoms with van der Waals surface area (Å²) in [5.41, 5.74) is 0.845. The van der Waals surface area contributed by atoms with Crippen LogP contribution >= 0.6 is 11.3 Å². The number of rotatable bonds is 4. The number of aromatic carboxylic acids is 1. The minimum atomic E-state index is -0.808. The molecule has 104 valence electrons. The van der Waals surface area contributed by atoms with Crippen molar-refractivity contribution in [2.45, 2.75) is 57.5 Å². The van der Waals surface area contributed by atoms with Crippen LogP contribution in [0.3, 0.4) is 0 Å². The zero-order valence-corrected chi connectivity index (χ0v) is 12.1. The Morgan fingerprint density at radius 2 is 2.21 bits per heavy atom. The van der Waals surface area contributed by atoms with E-state index in [0.717, 1.165) is 36.6 Å². The molecule has 1 aromatic heterocycles. The van der Waals surface area contributed by atoms with Crippen LogP contribution in [-0.4, -0.2) is 33.5 Å². The third-order valence-electron chi connectivity index (χ3n) is 4.13. The number of likely N-dealkylation sites (tertiary alicyclic amines) is 1. The molecule has 19 heavy (non-hydrogen) atoms. The maximum absolute atomic E-state index is 11.3. The third kappa shape index (κ3) is 2.82. The van der Waals surface area contributed by atoms with Crippen LogP contribution in [0.4, 0.5) is 0 Å². The van der Waals surface area contributed by atoms with Gasteiger partial charge in [0.05, 0.1) is 12.2 Å². The number of piperidine rings is 1. The molecule has 3 rings (SSSR count). The van der Waals surface area contributed by atoms with E-state index in [1.807, 2.05) is 0 Å². The summed E-state index contributed by atoms with van der Waals surface area (Å²) >= 11 is 1.38. The largest absolute Gasteiger partial charge is 0.477 e. The van der Waals surface area contributed by atoms with E-state index in [4.69, 9.17) is 0 Å². The summed E-state index contributed by atoms with van der Waals surface area (Å²) in [4.78, 5) is 18.8. The van der Waals surface area contributed by atoms with Gasteiger partial charge in [-0.3, -0.25) is 4.90 Å². The lowest BCUT2D eigenvalue weighted by Crippen LogP contribution is -2.36. The molecule has 0 spiro atoms. The van der Waals surface area contributed by atoms with Gasteiger partial charge in [-0.15, -0.1) is 11.3 Å². The van der Waals surface area contributed by atoms with Crippen molar-refractivity contribution in [1.29, 1.82) is 0 Å². The van der Waals surface area contributed by atoms with Gasteiger partial charge in [-0.05, 0) is 39.2 Å². The van der Waals surface area contributed by atoms with Gasteiger partial charge < -0.3 is 5.11 Å². The maximum atomic E-state index is 11.3. The lowest BCUT2D eigenvalue weighted by Gasteiger charge is -2.32. The minimum absolute atomic E-state index is 0.412. The molecule has 1 aromatic rings. The highest BCUT2D eigenvalue weighted by atomic mass is 32.1. The summed E-state index contributed by atoms with van der Waals surface area (Å²) < 4.78 is 0. The first-order valence-corrected chi connectivity index (χ1v) is 7.93. The zero-order valence-electron chi connectivity index (χ0n) is 11.3. The molecule has 5 heteroatoms. The molecule has 1 unspecified atom stereocenters. The van der Waals surface area contributed by atoms with E-state index in [-0.39, 0.29) is 0 Å². The first-order valence-electron chi connectivity index (χ1n) is 7.12. The summed E-state index contributed by atoms with van der Waals surface area (Å²) in [5, 5.41) is 10.2. The van der Waals surface area contributed by atoms with E-state index in [1.54, 1.807) is 0 Å². The second-order valence-electron chi connectivity index (χ2n) is 5.72. The minimum Gasteiger partial charge on any atom is -0.477 e. The Bertz CT molecular complexity index is 482. The average Bonchev–Trinajstić information content (AvgIpc) is 3.13. The number of carboxylic acids is 1. The van der Waals surface area contributed by atoms with Crippen LogP contribution < -0.4 is 0 Å². The lowest BCUT2D eigenvalue weighted by molar-refractivity contribution is 0.0700. The fourth-order valence-corrected chi connectivity index (χ4v) is 3.81. The Morgan fingerprint density at radius 3 is 2.84 bits per heavy atom. The van der Waals surface area contributed by atoms with Crippen LogP contribution in [0.15, 0.2) is 0 Å². The third-order valence-corrected chi connectivity index (χ3v) is 5.18. The van der Waals surface area contributed by atoms with E-state index in [2.05, 4.69) is 16.8 Å². The topological polar surface area (TPSA) is 53.4 Å².